The number of benzene rings is 1. The SMILES string of the molecule is C=CCCCCCN(C)C(=NC)NCc1cccc(OC)c1OC.I. The average Bonchev–Trinajstić information content (AvgIpc) is 2.61. The van der Waals surface area contributed by atoms with Crippen molar-refractivity contribution in [3.8, 4) is 11.5 Å². The highest BCUT2D eigenvalue weighted by Crippen LogP contribution is 2.30. The molecule has 0 aliphatic rings. The maximum Gasteiger partial charge on any atom is 0.193 e. The summed E-state index contributed by atoms with van der Waals surface area (Å²) in [4.78, 5) is 6.51. The number of allylic oxidation sites excluding steroid dienone is 1. The average molecular weight is 461 g/mol. The minimum absolute atomic E-state index is 0. The van der Waals surface area contributed by atoms with E-state index in [0.717, 1.165) is 42.4 Å². The number of hydrogen-bond donors (Lipinski definition) is 1. The number of methoxy groups -OCH3 is 2. The molecule has 1 aromatic rings. The summed E-state index contributed by atoms with van der Waals surface area (Å²) in [7, 11) is 7.17. The Kier molecular flexibility index (Phi) is 13.0. The van der Waals surface area contributed by atoms with Crippen molar-refractivity contribution in [2.45, 2.75) is 32.2 Å². The molecule has 0 heterocycles. The van der Waals surface area contributed by atoms with Gasteiger partial charge in [-0.2, -0.15) is 0 Å². The summed E-state index contributed by atoms with van der Waals surface area (Å²) in [6, 6.07) is 5.88. The van der Waals surface area contributed by atoms with Crippen molar-refractivity contribution in [1.29, 1.82) is 0 Å². The third-order valence-electron chi connectivity index (χ3n) is 3.90. The molecule has 142 valence electrons. The molecule has 1 aromatic carbocycles. The van der Waals surface area contributed by atoms with Gasteiger partial charge in [0.1, 0.15) is 0 Å². The Morgan fingerprint density at radius 1 is 1.24 bits per heavy atom. The number of nitrogens with one attached hydrogen (secondary N) is 1. The second kappa shape index (κ2) is 13.8. The number of guanidine groups is 1. The number of nitrogens with zero attached hydrogens (tertiary/aromatic N) is 2. The molecule has 0 spiro atoms. The van der Waals surface area contributed by atoms with Crippen LogP contribution < -0.4 is 14.8 Å². The van der Waals surface area contributed by atoms with Crippen LogP contribution in [0.4, 0.5) is 0 Å². The van der Waals surface area contributed by atoms with E-state index in [0.29, 0.717) is 6.54 Å². The van der Waals surface area contributed by atoms with Gasteiger partial charge in [-0.1, -0.05) is 24.6 Å². The first-order valence-electron chi connectivity index (χ1n) is 8.40. The fourth-order valence-corrected chi connectivity index (χ4v) is 2.57. The largest absolute Gasteiger partial charge is 0.493 e. The van der Waals surface area contributed by atoms with E-state index in [9.17, 15) is 0 Å². The number of aliphatic imine (C=N–C) groups is 1. The van der Waals surface area contributed by atoms with Crippen LogP contribution in [0, 0.1) is 0 Å². The highest BCUT2D eigenvalue weighted by Gasteiger charge is 2.11. The van der Waals surface area contributed by atoms with Gasteiger partial charge in [-0.05, 0) is 25.3 Å². The van der Waals surface area contributed by atoms with Crippen LogP contribution >= 0.6 is 24.0 Å². The zero-order valence-electron chi connectivity index (χ0n) is 15.9. The van der Waals surface area contributed by atoms with Crippen LogP contribution in [0.25, 0.3) is 0 Å². The second-order valence-electron chi connectivity index (χ2n) is 5.61. The van der Waals surface area contributed by atoms with E-state index in [1.165, 1.54) is 12.8 Å². The molecular weight excluding hydrogens is 429 g/mol. The zero-order chi connectivity index (χ0) is 17.8. The Morgan fingerprint density at radius 3 is 2.60 bits per heavy atom. The third-order valence-corrected chi connectivity index (χ3v) is 3.90. The van der Waals surface area contributed by atoms with Crippen LogP contribution in [0.5, 0.6) is 11.5 Å². The Labute approximate surface area is 169 Å². The van der Waals surface area contributed by atoms with Crippen molar-refractivity contribution in [2.24, 2.45) is 4.99 Å². The number of halogens is 1. The summed E-state index contributed by atoms with van der Waals surface area (Å²) in [5, 5.41) is 3.39. The van der Waals surface area contributed by atoms with Gasteiger partial charge >= 0.3 is 0 Å². The van der Waals surface area contributed by atoms with Gasteiger partial charge in [-0.25, -0.2) is 0 Å². The first kappa shape index (κ1) is 23.6. The van der Waals surface area contributed by atoms with Crippen molar-refractivity contribution in [1.82, 2.24) is 10.2 Å². The molecule has 0 radical (unpaired) electrons. The summed E-state index contributed by atoms with van der Waals surface area (Å²) in [6.45, 7) is 5.37. The highest BCUT2D eigenvalue weighted by atomic mass is 127. The van der Waals surface area contributed by atoms with E-state index in [1.807, 2.05) is 24.3 Å². The first-order chi connectivity index (χ1) is 11.7. The van der Waals surface area contributed by atoms with Gasteiger partial charge in [0.2, 0.25) is 0 Å². The number of rotatable bonds is 10. The van der Waals surface area contributed by atoms with Gasteiger partial charge in [0.15, 0.2) is 17.5 Å². The minimum Gasteiger partial charge on any atom is -0.493 e. The van der Waals surface area contributed by atoms with E-state index in [4.69, 9.17) is 9.47 Å². The van der Waals surface area contributed by atoms with Crippen molar-refractivity contribution < 1.29 is 9.47 Å². The molecule has 0 bridgehead atoms. The molecule has 0 saturated carbocycles. The van der Waals surface area contributed by atoms with Crippen LogP contribution in [0.2, 0.25) is 0 Å². The van der Waals surface area contributed by atoms with E-state index >= 15 is 0 Å². The van der Waals surface area contributed by atoms with Crippen LogP contribution in [-0.2, 0) is 6.54 Å². The van der Waals surface area contributed by atoms with E-state index in [-0.39, 0.29) is 24.0 Å². The van der Waals surface area contributed by atoms with Crippen molar-refractivity contribution in [3.05, 3.63) is 36.4 Å². The number of unbranched alkanes of at least 4 members (excludes halogenated alkanes) is 3. The maximum atomic E-state index is 5.47. The van der Waals surface area contributed by atoms with Gasteiger partial charge < -0.3 is 19.7 Å². The fourth-order valence-electron chi connectivity index (χ4n) is 2.57. The Hall–Kier alpha value is -1.44. The lowest BCUT2D eigenvalue weighted by Gasteiger charge is -2.22. The Bertz CT molecular complexity index is 535. The van der Waals surface area contributed by atoms with Crippen molar-refractivity contribution >= 4 is 29.9 Å². The lowest BCUT2D eigenvalue weighted by molar-refractivity contribution is 0.351. The molecule has 0 unspecified atom stereocenters. The summed E-state index contributed by atoms with van der Waals surface area (Å²) in [5.74, 6) is 2.38. The standard InChI is InChI=1S/C19H31N3O2.HI/c1-6-7-8-9-10-14-22(3)19(20-2)21-15-16-12-11-13-17(23-4)18(16)24-5;/h6,11-13H,1,7-10,14-15H2,2-5H3,(H,20,21);1H. The topological polar surface area (TPSA) is 46.1 Å². The molecule has 0 aromatic heterocycles. The van der Waals surface area contributed by atoms with Gasteiger partial charge in [0.05, 0.1) is 14.2 Å². The molecule has 0 aliphatic carbocycles. The van der Waals surface area contributed by atoms with Gasteiger partial charge in [0, 0.05) is 32.7 Å². The zero-order valence-corrected chi connectivity index (χ0v) is 18.2. The maximum absolute atomic E-state index is 5.47. The summed E-state index contributed by atoms with van der Waals surface area (Å²) < 4.78 is 10.8. The molecule has 5 nitrogen and oxygen atoms in total. The molecule has 0 aliphatic heterocycles. The van der Waals surface area contributed by atoms with Crippen LogP contribution in [-0.4, -0.2) is 45.7 Å². The lowest BCUT2D eigenvalue weighted by atomic mass is 10.2. The van der Waals surface area contributed by atoms with E-state index in [2.05, 4.69) is 28.8 Å². The van der Waals surface area contributed by atoms with Crippen molar-refractivity contribution in [2.75, 3.05) is 34.9 Å². The minimum atomic E-state index is 0. The summed E-state index contributed by atoms with van der Waals surface area (Å²) in [6.07, 6.45) is 6.62. The molecule has 25 heavy (non-hydrogen) atoms. The van der Waals surface area contributed by atoms with Crippen LogP contribution in [0.15, 0.2) is 35.8 Å². The quantitative estimate of drug-likeness (QED) is 0.188. The normalized spacial score (nSPS) is 10.6. The number of ether oxygens (including phenoxy) is 2. The molecule has 0 saturated heterocycles. The summed E-state index contributed by atoms with van der Waals surface area (Å²) >= 11 is 0. The summed E-state index contributed by atoms with van der Waals surface area (Å²) in [5.41, 5.74) is 1.04. The number of para-hydroxylation sites is 1. The first-order valence-corrected chi connectivity index (χ1v) is 8.40. The van der Waals surface area contributed by atoms with E-state index in [1.54, 1.807) is 21.3 Å². The molecule has 6 heteroatoms. The van der Waals surface area contributed by atoms with Crippen LogP contribution in [0.1, 0.15) is 31.2 Å². The van der Waals surface area contributed by atoms with Gasteiger partial charge in [0.25, 0.3) is 0 Å². The third kappa shape index (κ3) is 7.98. The highest BCUT2D eigenvalue weighted by molar-refractivity contribution is 14.0. The van der Waals surface area contributed by atoms with Gasteiger partial charge in [-0.15, -0.1) is 30.6 Å². The second-order valence-corrected chi connectivity index (χ2v) is 5.61. The lowest BCUT2D eigenvalue weighted by Crippen LogP contribution is -2.39. The Morgan fingerprint density at radius 2 is 2.00 bits per heavy atom. The smallest absolute Gasteiger partial charge is 0.193 e. The molecule has 0 atom stereocenters. The van der Waals surface area contributed by atoms with Gasteiger partial charge in [-0.3, -0.25) is 4.99 Å². The molecule has 1 N–H and O–H groups in total. The molecule has 1 rings (SSSR count). The molecule has 0 amide bonds. The molecule has 0 fully saturated rings. The fraction of sp³-hybridized carbons (Fsp3) is 0.526. The molecular formula is C19H32IN3O2. The van der Waals surface area contributed by atoms with Crippen LogP contribution in [0.3, 0.4) is 0 Å². The number of hydrogen-bond acceptors (Lipinski definition) is 3. The predicted octanol–water partition coefficient (Wildman–Crippen LogP) is 4.08. The monoisotopic (exact) mass is 461 g/mol. The Balaban J connectivity index is 0.00000576. The van der Waals surface area contributed by atoms with E-state index < -0.39 is 0 Å². The van der Waals surface area contributed by atoms with Crippen molar-refractivity contribution in [3.63, 3.8) is 0 Å². The predicted molar refractivity (Wildman–Crippen MR) is 116 cm³/mol.